The van der Waals surface area contributed by atoms with Crippen LogP contribution in [0.1, 0.15) is 51.9 Å². The molecule has 5 heteroatoms. The van der Waals surface area contributed by atoms with Crippen LogP contribution in [0.25, 0.3) is 0 Å². The SMILES string of the molecule is CCCCCCCCCOOB(O)O. The van der Waals surface area contributed by atoms with Gasteiger partial charge >= 0.3 is 7.32 Å². The van der Waals surface area contributed by atoms with E-state index in [1.807, 2.05) is 0 Å². The Morgan fingerprint density at radius 2 is 1.50 bits per heavy atom. The Kier molecular flexibility index (Phi) is 10.9. The molecule has 0 aliphatic heterocycles. The summed E-state index contributed by atoms with van der Waals surface area (Å²) in [7, 11) is -1.82. The molecule has 4 nitrogen and oxygen atoms in total. The Hall–Kier alpha value is -0.0951. The lowest BCUT2D eigenvalue weighted by molar-refractivity contribution is -0.235. The number of hydrogen-bond acceptors (Lipinski definition) is 4. The monoisotopic (exact) mass is 204 g/mol. The molecule has 0 aromatic heterocycles. The molecule has 2 N–H and O–H groups in total. The van der Waals surface area contributed by atoms with Crippen LogP contribution in [0.15, 0.2) is 0 Å². The van der Waals surface area contributed by atoms with Crippen LogP contribution in [-0.4, -0.2) is 24.0 Å². The maximum Gasteiger partial charge on any atom is 0.662 e. The van der Waals surface area contributed by atoms with E-state index < -0.39 is 7.32 Å². The smallest absolute Gasteiger partial charge is 0.400 e. The molecule has 0 spiro atoms. The molecule has 0 rings (SSSR count). The van der Waals surface area contributed by atoms with Crippen molar-refractivity contribution < 1.29 is 19.7 Å². The summed E-state index contributed by atoms with van der Waals surface area (Å²) in [5.74, 6) is 0. The van der Waals surface area contributed by atoms with Crippen molar-refractivity contribution in [2.75, 3.05) is 6.61 Å². The lowest BCUT2D eigenvalue weighted by Crippen LogP contribution is -2.17. The van der Waals surface area contributed by atoms with Gasteiger partial charge in [0.05, 0.1) is 6.61 Å². The Balaban J connectivity index is 2.85. The molecule has 84 valence electrons. The van der Waals surface area contributed by atoms with Crippen molar-refractivity contribution in [1.29, 1.82) is 0 Å². The normalized spacial score (nSPS) is 10.5. The summed E-state index contributed by atoms with van der Waals surface area (Å²) in [5.41, 5.74) is 0. The van der Waals surface area contributed by atoms with Crippen molar-refractivity contribution in [3.05, 3.63) is 0 Å². The van der Waals surface area contributed by atoms with Crippen LogP contribution in [0.3, 0.4) is 0 Å². The van der Waals surface area contributed by atoms with Crippen LogP contribution in [0.2, 0.25) is 0 Å². The van der Waals surface area contributed by atoms with Crippen molar-refractivity contribution >= 4 is 7.32 Å². The molecule has 0 bridgehead atoms. The predicted molar refractivity (Wildman–Crippen MR) is 55.2 cm³/mol. The first kappa shape index (κ1) is 13.9. The summed E-state index contributed by atoms with van der Waals surface area (Å²) in [4.78, 5) is 8.62. The molecule has 0 radical (unpaired) electrons. The molecule has 0 aromatic carbocycles. The van der Waals surface area contributed by atoms with E-state index in [4.69, 9.17) is 10.0 Å². The summed E-state index contributed by atoms with van der Waals surface area (Å²) in [6.45, 7) is 2.62. The Labute approximate surface area is 86.3 Å². The van der Waals surface area contributed by atoms with E-state index in [-0.39, 0.29) is 0 Å². The van der Waals surface area contributed by atoms with Crippen LogP contribution >= 0.6 is 0 Å². The molecule has 0 aliphatic carbocycles. The van der Waals surface area contributed by atoms with Gasteiger partial charge in [-0.05, 0) is 6.42 Å². The van der Waals surface area contributed by atoms with Crippen LogP contribution in [0, 0.1) is 0 Å². The van der Waals surface area contributed by atoms with Gasteiger partial charge < -0.3 is 10.0 Å². The van der Waals surface area contributed by atoms with E-state index >= 15 is 0 Å². The highest BCUT2D eigenvalue weighted by atomic mass is 17.2. The number of unbranched alkanes of at least 4 members (excludes halogenated alkanes) is 6. The fourth-order valence-corrected chi connectivity index (χ4v) is 1.23. The predicted octanol–water partition coefficient (Wildman–Crippen LogP) is 1.65. The standard InChI is InChI=1S/C9H21BO4/c1-2-3-4-5-6-7-8-9-13-14-10(11)12/h11-12H,2-9H2,1H3. The zero-order chi connectivity index (χ0) is 10.6. The molecule has 14 heavy (non-hydrogen) atoms. The highest BCUT2D eigenvalue weighted by Crippen LogP contribution is 2.06. The van der Waals surface area contributed by atoms with E-state index in [9.17, 15) is 0 Å². The van der Waals surface area contributed by atoms with Crippen molar-refractivity contribution in [3.8, 4) is 0 Å². The second kappa shape index (κ2) is 11.0. The van der Waals surface area contributed by atoms with E-state index in [0.717, 1.165) is 12.8 Å². The third-order valence-electron chi connectivity index (χ3n) is 1.99. The van der Waals surface area contributed by atoms with Gasteiger partial charge in [0.25, 0.3) is 0 Å². The lowest BCUT2D eigenvalue weighted by Gasteiger charge is -2.02. The van der Waals surface area contributed by atoms with E-state index in [2.05, 4.69) is 16.6 Å². The lowest BCUT2D eigenvalue weighted by atomic mass is 10.1. The van der Waals surface area contributed by atoms with E-state index in [0.29, 0.717) is 6.61 Å². The van der Waals surface area contributed by atoms with Gasteiger partial charge in [0, 0.05) is 0 Å². The zero-order valence-electron chi connectivity index (χ0n) is 8.95. The Morgan fingerprint density at radius 1 is 0.929 bits per heavy atom. The largest absolute Gasteiger partial charge is 0.662 e. The minimum Gasteiger partial charge on any atom is -0.400 e. The van der Waals surface area contributed by atoms with Crippen molar-refractivity contribution in [2.45, 2.75) is 51.9 Å². The summed E-state index contributed by atoms with van der Waals surface area (Å²) in [6, 6.07) is 0. The third kappa shape index (κ3) is 11.9. The van der Waals surface area contributed by atoms with Gasteiger partial charge in [0.2, 0.25) is 0 Å². The van der Waals surface area contributed by atoms with Crippen LogP contribution in [0.4, 0.5) is 0 Å². The van der Waals surface area contributed by atoms with Gasteiger partial charge in [-0.3, -0.25) is 0 Å². The van der Waals surface area contributed by atoms with Gasteiger partial charge in [-0.15, -0.1) is 0 Å². The minimum atomic E-state index is -1.82. The quantitative estimate of drug-likeness (QED) is 0.246. The highest BCUT2D eigenvalue weighted by Gasteiger charge is 2.08. The van der Waals surface area contributed by atoms with E-state index in [1.54, 1.807) is 0 Å². The van der Waals surface area contributed by atoms with Crippen LogP contribution in [0.5, 0.6) is 0 Å². The van der Waals surface area contributed by atoms with Crippen molar-refractivity contribution in [1.82, 2.24) is 0 Å². The van der Waals surface area contributed by atoms with Gasteiger partial charge in [-0.25, -0.2) is 9.69 Å². The van der Waals surface area contributed by atoms with Crippen LogP contribution in [-0.2, 0) is 9.69 Å². The molecular formula is C9H21BO4. The minimum absolute atomic E-state index is 0.422. The number of rotatable bonds is 10. The molecule has 0 atom stereocenters. The zero-order valence-corrected chi connectivity index (χ0v) is 8.95. The summed E-state index contributed by atoms with van der Waals surface area (Å²) < 4.78 is 0. The van der Waals surface area contributed by atoms with Gasteiger partial charge in [-0.1, -0.05) is 45.4 Å². The molecule has 0 saturated carbocycles. The number of hydrogen-bond donors (Lipinski definition) is 2. The molecule has 0 amide bonds. The fourth-order valence-electron chi connectivity index (χ4n) is 1.23. The molecule has 0 aliphatic rings. The topological polar surface area (TPSA) is 58.9 Å². The molecule has 0 unspecified atom stereocenters. The first-order chi connectivity index (χ1) is 6.77. The first-order valence-electron chi connectivity index (χ1n) is 5.41. The van der Waals surface area contributed by atoms with E-state index in [1.165, 1.54) is 32.1 Å². The average Bonchev–Trinajstić information content (AvgIpc) is 2.15. The highest BCUT2D eigenvalue weighted by molar-refractivity contribution is 6.32. The molecule has 0 saturated heterocycles. The van der Waals surface area contributed by atoms with Gasteiger partial charge in [0.1, 0.15) is 0 Å². The summed E-state index contributed by atoms with van der Waals surface area (Å²) in [5, 5.41) is 16.5. The van der Waals surface area contributed by atoms with Gasteiger partial charge in [-0.2, -0.15) is 0 Å². The molecule has 0 heterocycles. The average molecular weight is 204 g/mol. The summed E-state index contributed by atoms with van der Waals surface area (Å²) in [6.07, 6.45) is 8.39. The Morgan fingerprint density at radius 3 is 2.07 bits per heavy atom. The Bertz CT molecular complexity index is 111. The van der Waals surface area contributed by atoms with Crippen LogP contribution < -0.4 is 0 Å². The molecule has 0 fully saturated rings. The first-order valence-corrected chi connectivity index (χ1v) is 5.41. The van der Waals surface area contributed by atoms with Gasteiger partial charge in [0.15, 0.2) is 0 Å². The second-order valence-electron chi connectivity index (χ2n) is 3.37. The second-order valence-corrected chi connectivity index (χ2v) is 3.37. The third-order valence-corrected chi connectivity index (χ3v) is 1.99. The fraction of sp³-hybridized carbons (Fsp3) is 1.00. The van der Waals surface area contributed by atoms with Crippen molar-refractivity contribution in [2.24, 2.45) is 0 Å². The maximum absolute atomic E-state index is 8.26. The maximum atomic E-state index is 8.26. The molecule has 0 aromatic rings. The van der Waals surface area contributed by atoms with Crippen molar-refractivity contribution in [3.63, 3.8) is 0 Å². The molecular weight excluding hydrogens is 183 g/mol. The summed E-state index contributed by atoms with van der Waals surface area (Å²) >= 11 is 0.